The minimum Gasteiger partial charge on any atom is -0.396 e. The van der Waals surface area contributed by atoms with E-state index < -0.39 is 5.91 Å². The van der Waals surface area contributed by atoms with Crippen molar-refractivity contribution in [3.05, 3.63) is 59.6 Å². The normalized spacial score (nSPS) is 20.5. The average Bonchev–Trinajstić information content (AvgIpc) is 3.29. The van der Waals surface area contributed by atoms with Crippen LogP contribution in [0.25, 0.3) is 27.7 Å². The molecule has 5 rings (SSSR count). The number of pyridine rings is 1. The number of carbonyl (C=O) groups is 1. The van der Waals surface area contributed by atoms with E-state index in [-0.39, 0.29) is 23.7 Å². The van der Waals surface area contributed by atoms with Gasteiger partial charge in [0.25, 0.3) is 5.91 Å². The predicted octanol–water partition coefficient (Wildman–Crippen LogP) is 2.64. The molecular weight excluding hydrogens is 420 g/mol. The van der Waals surface area contributed by atoms with Gasteiger partial charge in [0.05, 0.1) is 41.5 Å². The highest BCUT2D eigenvalue weighted by Crippen LogP contribution is 2.37. The summed E-state index contributed by atoms with van der Waals surface area (Å²) in [5, 5.41) is 11.4. The summed E-state index contributed by atoms with van der Waals surface area (Å²) in [5.74, 6) is -0.688. The second-order valence-corrected chi connectivity index (χ2v) is 8.28. The molecule has 33 heavy (non-hydrogen) atoms. The van der Waals surface area contributed by atoms with Gasteiger partial charge in [0, 0.05) is 17.6 Å². The number of nitrogen functional groups attached to an aromatic ring is 1. The molecule has 0 aliphatic carbocycles. The summed E-state index contributed by atoms with van der Waals surface area (Å²) in [7, 11) is 0. The lowest BCUT2D eigenvalue weighted by Gasteiger charge is -2.29. The number of hydrogen-bond acceptors (Lipinski definition) is 7. The lowest BCUT2D eigenvalue weighted by molar-refractivity contribution is -0.0746. The van der Waals surface area contributed by atoms with E-state index in [1.807, 2.05) is 43.4 Å². The fourth-order valence-corrected chi connectivity index (χ4v) is 4.34. The van der Waals surface area contributed by atoms with Crippen molar-refractivity contribution >= 4 is 28.2 Å². The van der Waals surface area contributed by atoms with Crippen molar-refractivity contribution in [3.8, 4) is 11.1 Å². The van der Waals surface area contributed by atoms with Crippen molar-refractivity contribution in [3.63, 3.8) is 0 Å². The van der Waals surface area contributed by atoms with Gasteiger partial charge >= 0.3 is 0 Å². The molecule has 3 aromatic rings. The van der Waals surface area contributed by atoms with Gasteiger partial charge in [-0.05, 0) is 55.2 Å². The Balaban J connectivity index is 1.55. The smallest absolute Gasteiger partial charge is 0.269 e. The third kappa shape index (κ3) is 4.08. The zero-order chi connectivity index (χ0) is 22.9. The second-order valence-electron chi connectivity index (χ2n) is 8.28. The van der Waals surface area contributed by atoms with Gasteiger partial charge < -0.3 is 26.3 Å². The number of primary amides is 1. The van der Waals surface area contributed by atoms with Gasteiger partial charge in [0.15, 0.2) is 5.69 Å². The van der Waals surface area contributed by atoms with E-state index in [9.17, 15) is 4.79 Å². The lowest BCUT2D eigenvalue weighted by atomic mass is 9.94. The van der Waals surface area contributed by atoms with E-state index in [0.29, 0.717) is 23.6 Å². The third-order valence-electron chi connectivity index (χ3n) is 5.97. The Morgan fingerprint density at radius 3 is 3.00 bits per heavy atom. The minimum atomic E-state index is -0.688. The molecule has 0 radical (unpaired) electrons. The van der Waals surface area contributed by atoms with Crippen molar-refractivity contribution in [2.75, 3.05) is 18.9 Å². The molecule has 9 heteroatoms. The number of aryl methyl sites for hydroxylation is 1. The molecule has 1 saturated heterocycles. The third-order valence-corrected chi connectivity index (χ3v) is 5.97. The van der Waals surface area contributed by atoms with Gasteiger partial charge in [0.2, 0.25) is 0 Å². The number of anilines is 1. The number of carbonyl (C=O) groups excluding carboxylic acids is 1. The number of H-pyrrole nitrogens is 1. The first kappa shape index (κ1) is 21.2. The van der Waals surface area contributed by atoms with Crippen LogP contribution in [0.4, 0.5) is 5.69 Å². The van der Waals surface area contributed by atoms with Crippen molar-refractivity contribution in [1.29, 1.82) is 0 Å². The van der Waals surface area contributed by atoms with E-state index in [4.69, 9.17) is 20.9 Å². The van der Waals surface area contributed by atoms with Gasteiger partial charge in [-0.2, -0.15) is 5.10 Å². The molecular formula is C24H26N6O3. The number of nitrogens with two attached hydrogens (primary N) is 2. The molecule has 9 nitrogen and oxygen atoms in total. The fraction of sp³-hybridized carbons (Fsp3) is 0.292. The molecule has 0 spiro atoms. The number of dihydropyridines is 1. The van der Waals surface area contributed by atoms with Crippen molar-refractivity contribution in [2.45, 2.75) is 32.1 Å². The number of aromatic nitrogens is 3. The van der Waals surface area contributed by atoms with E-state index in [2.05, 4.69) is 20.5 Å². The molecule has 2 aliphatic heterocycles. The summed E-state index contributed by atoms with van der Waals surface area (Å²) in [5.41, 5.74) is 17.0. The quantitative estimate of drug-likeness (QED) is 0.472. The highest BCUT2D eigenvalue weighted by Gasteiger charge is 2.24. The molecule has 2 aromatic heterocycles. The molecule has 4 heterocycles. The van der Waals surface area contributed by atoms with Crippen LogP contribution >= 0.6 is 0 Å². The Morgan fingerprint density at radius 1 is 1.33 bits per heavy atom. The molecule has 1 fully saturated rings. The molecule has 2 unspecified atom stereocenters. The van der Waals surface area contributed by atoms with Crippen LogP contribution in [0.1, 0.15) is 34.6 Å². The van der Waals surface area contributed by atoms with Crippen LogP contribution in [0.15, 0.2) is 42.6 Å². The maximum atomic E-state index is 12.2. The van der Waals surface area contributed by atoms with Crippen LogP contribution in [0, 0.1) is 6.92 Å². The van der Waals surface area contributed by atoms with E-state index in [1.165, 1.54) is 0 Å². The van der Waals surface area contributed by atoms with E-state index >= 15 is 0 Å². The van der Waals surface area contributed by atoms with Gasteiger partial charge in [-0.15, -0.1) is 0 Å². The van der Waals surface area contributed by atoms with Crippen LogP contribution in [-0.2, 0) is 9.47 Å². The van der Waals surface area contributed by atoms with Gasteiger partial charge in [-0.25, -0.2) is 4.98 Å². The second kappa shape index (κ2) is 8.68. The zero-order valence-electron chi connectivity index (χ0n) is 18.3. The maximum Gasteiger partial charge on any atom is 0.269 e. The van der Waals surface area contributed by atoms with Crippen LogP contribution < -0.4 is 16.8 Å². The van der Waals surface area contributed by atoms with Crippen molar-refractivity contribution in [1.82, 2.24) is 20.5 Å². The highest BCUT2D eigenvalue weighted by molar-refractivity contribution is 6.05. The topological polar surface area (TPSA) is 141 Å². The summed E-state index contributed by atoms with van der Waals surface area (Å²) in [6.45, 7) is 3.34. The Labute approximate surface area is 190 Å². The first-order valence-corrected chi connectivity index (χ1v) is 10.9. The molecule has 0 bridgehead atoms. The molecule has 170 valence electrons. The number of amides is 1. The lowest BCUT2D eigenvalue weighted by Crippen LogP contribution is -2.37. The highest BCUT2D eigenvalue weighted by atomic mass is 16.5. The number of allylic oxidation sites excluding steroid dienone is 2. The first-order valence-electron chi connectivity index (χ1n) is 10.9. The number of nitrogens with one attached hydrogen (secondary N) is 2. The number of benzene rings is 1. The van der Waals surface area contributed by atoms with Crippen molar-refractivity contribution < 1.29 is 14.3 Å². The molecule has 1 amide bonds. The summed E-state index contributed by atoms with van der Waals surface area (Å²) in [6, 6.07) is 5.81. The number of nitrogens with zero attached hydrogens (tertiary/aromatic N) is 2. The Morgan fingerprint density at radius 2 is 2.21 bits per heavy atom. The van der Waals surface area contributed by atoms with Crippen molar-refractivity contribution in [2.24, 2.45) is 5.73 Å². The SMILES string of the molecule is Cc1ccc2[nH]ncc2c1-c1cc(C2=CC=CC(OC3CCCOC3)N2)nc(C(N)=O)c1N. The molecule has 1 aromatic carbocycles. The first-order chi connectivity index (χ1) is 16.0. The Kier molecular flexibility index (Phi) is 5.57. The van der Waals surface area contributed by atoms with Crippen LogP contribution in [0.5, 0.6) is 0 Å². The number of ether oxygens (including phenoxy) is 2. The molecule has 0 saturated carbocycles. The Hall–Kier alpha value is -3.69. The summed E-state index contributed by atoms with van der Waals surface area (Å²) in [4.78, 5) is 16.7. The zero-order valence-corrected chi connectivity index (χ0v) is 18.3. The monoisotopic (exact) mass is 446 g/mol. The van der Waals surface area contributed by atoms with E-state index in [0.717, 1.165) is 41.5 Å². The number of hydrogen-bond donors (Lipinski definition) is 4. The number of fused-ring (bicyclic) bond motifs is 1. The standard InChI is InChI=1S/C24H26N6O3/c1-13-7-8-17-16(11-27-30-17)21(13)15-10-19(29-23(22(15)25)24(26)31)18-5-2-6-20(28-18)33-14-4-3-9-32-12-14/h2,5-8,10-11,14,20,28H,3-4,9,12,25H2,1H3,(H2,26,31)(H,27,30). The summed E-state index contributed by atoms with van der Waals surface area (Å²) >= 11 is 0. The summed E-state index contributed by atoms with van der Waals surface area (Å²) in [6.07, 6.45) is 9.09. The van der Waals surface area contributed by atoms with Crippen LogP contribution in [0.2, 0.25) is 0 Å². The molecule has 2 aliphatic rings. The largest absolute Gasteiger partial charge is 0.396 e. The number of aromatic amines is 1. The minimum absolute atomic E-state index is 0.0257. The van der Waals surface area contributed by atoms with Gasteiger partial charge in [-0.3, -0.25) is 9.89 Å². The fourth-order valence-electron chi connectivity index (χ4n) is 4.34. The maximum absolute atomic E-state index is 12.2. The van der Waals surface area contributed by atoms with Crippen LogP contribution in [0.3, 0.4) is 0 Å². The predicted molar refractivity (Wildman–Crippen MR) is 126 cm³/mol. The number of rotatable bonds is 5. The van der Waals surface area contributed by atoms with Gasteiger partial charge in [-0.1, -0.05) is 12.1 Å². The molecule has 6 N–H and O–H groups in total. The van der Waals surface area contributed by atoms with E-state index in [1.54, 1.807) is 6.20 Å². The summed E-state index contributed by atoms with van der Waals surface area (Å²) < 4.78 is 11.7. The van der Waals surface area contributed by atoms with Gasteiger partial charge in [0.1, 0.15) is 6.23 Å². The van der Waals surface area contributed by atoms with Crippen LogP contribution in [-0.4, -0.2) is 46.6 Å². The Bertz CT molecular complexity index is 1270. The average molecular weight is 447 g/mol. The molecule has 2 atom stereocenters.